The molecule has 2 aliphatic rings. The Morgan fingerprint density at radius 1 is 0.842 bits per heavy atom. The maximum Gasteiger partial charge on any atom is 0.257 e. The molecule has 0 spiro atoms. The molecule has 0 saturated carbocycles. The van der Waals surface area contributed by atoms with E-state index in [0.29, 0.717) is 43.5 Å². The molecule has 7 heteroatoms. The van der Waals surface area contributed by atoms with Crippen molar-refractivity contribution in [2.45, 2.75) is 46.6 Å². The summed E-state index contributed by atoms with van der Waals surface area (Å²) < 4.78 is 6.17. The number of anilines is 1. The molecule has 1 fully saturated rings. The Bertz CT molecular complexity index is 1070. The number of amides is 2. The molecule has 2 aliphatic heterocycles. The van der Waals surface area contributed by atoms with Gasteiger partial charge in [-0.3, -0.25) is 14.5 Å². The summed E-state index contributed by atoms with van der Waals surface area (Å²) in [5.41, 5.74) is 2.48. The van der Waals surface area contributed by atoms with Crippen LogP contribution in [0.4, 0.5) is 5.69 Å². The Morgan fingerprint density at radius 3 is 2.32 bits per heavy atom. The van der Waals surface area contributed by atoms with E-state index in [9.17, 15) is 9.59 Å². The van der Waals surface area contributed by atoms with Crippen LogP contribution in [-0.4, -0.2) is 85.5 Å². The summed E-state index contributed by atoms with van der Waals surface area (Å²) in [7, 11) is 0. The van der Waals surface area contributed by atoms with E-state index in [2.05, 4.69) is 23.6 Å². The molecule has 1 saturated heterocycles. The van der Waals surface area contributed by atoms with Gasteiger partial charge in [-0.05, 0) is 68.6 Å². The van der Waals surface area contributed by atoms with E-state index >= 15 is 0 Å². The molecule has 0 aliphatic carbocycles. The zero-order valence-corrected chi connectivity index (χ0v) is 23.4. The molecule has 0 radical (unpaired) electrons. The van der Waals surface area contributed by atoms with E-state index in [1.54, 1.807) is 6.92 Å². The highest BCUT2D eigenvalue weighted by molar-refractivity contribution is 5.97. The number of hydrogen-bond donors (Lipinski definition) is 0. The van der Waals surface area contributed by atoms with Gasteiger partial charge in [-0.25, -0.2) is 0 Å². The zero-order valence-electron chi connectivity index (χ0n) is 23.4. The van der Waals surface area contributed by atoms with Crippen molar-refractivity contribution in [1.82, 2.24) is 14.7 Å². The van der Waals surface area contributed by atoms with Crippen LogP contribution in [-0.2, 0) is 11.3 Å². The predicted octanol–water partition coefficient (Wildman–Crippen LogP) is 4.52. The third kappa shape index (κ3) is 7.58. The van der Waals surface area contributed by atoms with Crippen LogP contribution >= 0.6 is 0 Å². The van der Waals surface area contributed by atoms with Gasteiger partial charge in [0.2, 0.25) is 5.91 Å². The SMILES string of the molecule is CC(=O)N1CCCN(CC(C)C)CCN(C(=O)c2ccccc2OCCN2CCCC2)Cc2ccccc21. The van der Waals surface area contributed by atoms with Gasteiger partial charge in [-0.1, -0.05) is 44.2 Å². The molecule has 0 aromatic heterocycles. The monoisotopic (exact) mass is 520 g/mol. The van der Waals surface area contributed by atoms with E-state index in [0.717, 1.165) is 56.9 Å². The van der Waals surface area contributed by atoms with Crippen LogP contribution in [0.1, 0.15) is 56.0 Å². The molecular weight excluding hydrogens is 476 g/mol. The Kier molecular flexibility index (Phi) is 10.2. The van der Waals surface area contributed by atoms with Crippen molar-refractivity contribution < 1.29 is 14.3 Å². The van der Waals surface area contributed by atoms with E-state index in [1.165, 1.54) is 12.8 Å². The minimum absolute atomic E-state index is 0.0294. The van der Waals surface area contributed by atoms with Crippen molar-refractivity contribution in [2.75, 3.05) is 63.9 Å². The summed E-state index contributed by atoms with van der Waals surface area (Å²) in [5, 5.41) is 0. The predicted molar refractivity (Wildman–Crippen MR) is 153 cm³/mol. The largest absolute Gasteiger partial charge is 0.491 e. The summed E-state index contributed by atoms with van der Waals surface area (Å²) in [5.74, 6) is 1.16. The van der Waals surface area contributed by atoms with Crippen molar-refractivity contribution in [3.8, 4) is 5.75 Å². The van der Waals surface area contributed by atoms with Crippen molar-refractivity contribution in [3.05, 3.63) is 59.7 Å². The quantitative estimate of drug-likeness (QED) is 0.537. The lowest BCUT2D eigenvalue weighted by molar-refractivity contribution is -0.116. The first kappa shape index (κ1) is 28.1. The van der Waals surface area contributed by atoms with Gasteiger partial charge in [0.1, 0.15) is 12.4 Å². The number of fused-ring (bicyclic) bond motifs is 1. The van der Waals surface area contributed by atoms with Gasteiger partial charge in [0.15, 0.2) is 0 Å². The minimum atomic E-state index is -0.0327. The standard InChI is InChI=1S/C31H44N4O3/c1-25(2)23-33-17-10-18-35(26(3)36)29-13-6-4-11-27(29)24-34(20-19-33)31(37)28-12-5-7-14-30(28)38-22-21-32-15-8-9-16-32/h4-7,11-14,25H,8-10,15-24H2,1-3H3. The van der Waals surface area contributed by atoms with Gasteiger partial charge >= 0.3 is 0 Å². The summed E-state index contributed by atoms with van der Waals surface area (Å²) in [6.07, 6.45) is 3.39. The highest BCUT2D eigenvalue weighted by Crippen LogP contribution is 2.26. The molecular formula is C31H44N4O3. The van der Waals surface area contributed by atoms with E-state index in [-0.39, 0.29) is 11.8 Å². The van der Waals surface area contributed by atoms with Crippen molar-refractivity contribution in [2.24, 2.45) is 5.92 Å². The van der Waals surface area contributed by atoms with Gasteiger partial charge in [0.05, 0.1) is 5.56 Å². The molecule has 2 amide bonds. The van der Waals surface area contributed by atoms with E-state index in [1.807, 2.05) is 58.3 Å². The van der Waals surface area contributed by atoms with Crippen molar-refractivity contribution in [3.63, 3.8) is 0 Å². The van der Waals surface area contributed by atoms with Crippen molar-refractivity contribution >= 4 is 17.5 Å². The number of carbonyl (C=O) groups is 2. The van der Waals surface area contributed by atoms with Gasteiger partial charge in [0.25, 0.3) is 5.91 Å². The Hall–Kier alpha value is -2.90. The molecule has 0 unspecified atom stereocenters. The number of rotatable bonds is 7. The maximum atomic E-state index is 14.1. The molecule has 206 valence electrons. The fourth-order valence-corrected chi connectivity index (χ4v) is 5.57. The second-order valence-electron chi connectivity index (χ2n) is 11.0. The summed E-state index contributed by atoms with van der Waals surface area (Å²) >= 11 is 0. The number of carbonyl (C=O) groups excluding carboxylic acids is 2. The normalized spacial score (nSPS) is 17.8. The van der Waals surface area contributed by atoms with Crippen LogP contribution in [0.5, 0.6) is 5.75 Å². The molecule has 2 heterocycles. The van der Waals surface area contributed by atoms with Crippen LogP contribution in [0.2, 0.25) is 0 Å². The number of hydrogen-bond acceptors (Lipinski definition) is 5. The van der Waals surface area contributed by atoms with Gasteiger partial charge < -0.3 is 19.4 Å². The van der Waals surface area contributed by atoms with Gasteiger partial charge in [0, 0.05) is 51.9 Å². The highest BCUT2D eigenvalue weighted by Gasteiger charge is 2.25. The molecule has 2 aromatic rings. The molecule has 38 heavy (non-hydrogen) atoms. The highest BCUT2D eigenvalue weighted by atomic mass is 16.5. The lowest BCUT2D eigenvalue weighted by Crippen LogP contribution is -2.40. The number of para-hydroxylation sites is 2. The second kappa shape index (κ2) is 13.8. The van der Waals surface area contributed by atoms with E-state index in [4.69, 9.17) is 4.74 Å². The average Bonchev–Trinajstić information content (AvgIpc) is 3.41. The topological polar surface area (TPSA) is 56.3 Å². The molecule has 4 rings (SSSR count). The first-order chi connectivity index (χ1) is 18.4. The summed E-state index contributed by atoms with van der Waals surface area (Å²) in [4.78, 5) is 35.4. The summed E-state index contributed by atoms with van der Waals surface area (Å²) in [6, 6.07) is 15.6. The third-order valence-corrected chi connectivity index (χ3v) is 7.46. The second-order valence-corrected chi connectivity index (χ2v) is 11.0. The fraction of sp³-hybridized carbons (Fsp3) is 0.548. The maximum absolute atomic E-state index is 14.1. The minimum Gasteiger partial charge on any atom is -0.491 e. The van der Waals surface area contributed by atoms with E-state index < -0.39 is 0 Å². The van der Waals surface area contributed by atoms with Crippen LogP contribution in [0.3, 0.4) is 0 Å². The molecule has 0 bridgehead atoms. The molecule has 0 N–H and O–H groups in total. The lowest BCUT2D eigenvalue weighted by atomic mass is 10.1. The Balaban J connectivity index is 1.59. The molecule has 0 atom stereocenters. The van der Waals surface area contributed by atoms with Crippen molar-refractivity contribution in [1.29, 1.82) is 0 Å². The van der Waals surface area contributed by atoms with Crippen LogP contribution < -0.4 is 9.64 Å². The average molecular weight is 521 g/mol. The van der Waals surface area contributed by atoms with Gasteiger partial charge in [-0.2, -0.15) is 0 Å². The lowest BCUT2D eigenvalue weighted by Gasteiger charge is -2.29. The number of benzene rings is 2. The van der Waals surface area contributed by atoms with Crippen LogP contribution in [0.15, 0.2) is 48.5 Å². The molecule has 2 aromatic carbocycles. The van der Waals surface area contributed by atoms with Crippen LogP contribution in [0, 0.1) is 5.92 Å². The number of ether oxygens (including phenoxy) is 1. The number of likely N-dealkylation sites (tertiary alicyclic amines) is 1. The Morgan fingerprint density at radius 2 is 1.55 bits per heavy atom. The smallest absolute Gasteiger partial charge is 0.257 e. The zero-order chi connectivity index (χ0) is 26.9. The third-order valence-electron chi connectivity index (χ3n) is 7.46. The van der Waals surface area contributed by atoms with Gasteiger partial charge in [-0.15, -0.1) is 0 Å². The first-order valence-electron chi connectivity index (χ1n) is 14.2. The molecule has 7 nitrogen and oxygen atoms in total. The number of nitrogens with zero attached hydrogens (tertiary/aromatic N) is 4. The fourth-order valence-electron chi connectivity index (χ4n) is 5.57. The summed E-state index contributed by atoms with van der Waals surface area (Å²) in [6.45, 7) is 14.2. The van der Waals surface area contributed by atoms with Crippen LogP contribution in [0.25, 0.3) is 0 Å². The Labute approximate surface area is 228 Å². The first-order valence-corrected chi connectivity index (χ1v) is 14.2.